The molecule has 8 aromatic carbocycles. The Bertz CT molecular complexity index is 2720. The normalized spacial score (nSPS) is 12.9. The minimum Gasteiger partial charge on any atom is -0.456 e. The van der Waals surface area contributed by atoms with Crippen LogP contribution in [0.1, 0.15) is 17.5 Å². The largest absolute Gasteiger partial charge is 0.456 e. The molecule has 1 heteroatoms. The number of hydrogen-bond acceptors (Lipinski definition) is 1. The third kappa shape index (κ3) is 4.17. The summed E-state index contributed by atoms with van der Waals surface area (Å²) in [6, 6.07) is 53.5. The first-order valence-corrected chi connectivity index (χ1v) is 16.5. The van der Waals surface area contributed by atoms with E-state index in [0.29, 0.717) is 0 Å². The van der Waals surface area contributed by atoms with Crippen molar-refractivity contribution in [1.82, 2.24) is 0 Å². The average molecular weight is 599 g/mol. The van der Waals surface area contributed by atoms with E-state index in [1.54, 1.807) is 0 Å². The van der Waals surface area contributed by atoms with Gasteiger partial charge in [-0.2, -0.15) is 0 Å². The monoisotopic (exact) mass is 598 g/mol. The van der Waals surface area contributed by atoms with Crippen LogP contribution in [0.4, 0.5) is 0 Å². The molecule has 0 N–H and O–H groups in total. The Morgan fingerprint density at radius 1 is 0.404 bits per heavy atom. The van der Waals surface area contributed by atoms with Gasteiger partial charge in [-0.05, 0) is 126 Å². The maximum atomic E-state index is 6.43. The molecule has 0 saturated heterocycles. The molecule has 47 heavy (non-hydrogen) atoms. The second-order valence-electron chi connectivity index (χ2n) is 12.8. The summed E-state index contributed by atoms with van der Waals surface area (Å²) >= 11 is 0. The molecule has 1 aliphatic carbocycles. The number of rotatable bonds is 3. The van der Waals surface area contributed by atoms with E-state index in [9.17, 15) is 0 Å². The standard InChI is InChI=1S/C46H30O/c1-2-11-30(12-3-1)45-37-16-8-9-17-38(37)46(39-22-20-35(26-42(39)45)34-19-18-29-10-4-5-13-31(29)24-34)36-21-23-43-40(27-36)41-25-32-14-6-7-15-33(32)28-44(41)47-43/h1-6,8-14,16-28H,7,15H2. The van der Waals surface area contributed by atoms with E-state index in [0.717, 1.165) is 29.4 Å². The lowest BCUT2D eigenvalue weighted by atomic mass is 9.84. The first-order valence-electron chi connectivity index (χ1n) is 16.5. The number of benzene rings is 8. The van der Waals surface area contributed by atoms with Crippen LogP contribution in [0.2, 0.25) is 0 Å². The molecule has 1 heterocycles. The zero-order valence-electron chi connectivity index (χ0n) is 25.8. The summed E-state index contributed by atoms with van der Waals surface area (Å²) in [6.45, 7) is 0. The molecule has 0 saturated carbocycles. The highest BCUT2D eigenvalue weighted by molar-refractivity contribution is 6.22. The molecule has 0 bridgehead atoms. The summed E-state index contributed by atoms with van der Waals surface area (Å²) in [6.07, 6.45) is 6.69. The van der Waals surface area contributed by atoms with Crippen LogP contribution in [0.25, 0.3) is 93.7 Å². The fourth-order valence-corrected chi connectivity index (χ4v) is 7.81. The summed E-state index contributed by atoms with van der Waals surface area (Å²) in [5, 5.41) is 9.88. The Labute approximate surface area is 273 Å². The highest BCUT2D eigenvalue weighted by atomic mass is 16.3. The van der Waals surface area contributed by atoms with E-state index >= 15 is 0 Å². The van der Waals surface area contributed by atoms with Crippen LogP contribution in [0.3, 0.4) is 0 Å². The van der Waals surface area contributed by atoms with E-state index in [1.807, 2.05) is 0 Å². The van der Waals surface area contributed by atoms with Crippen LogP contribution in [-0.2, 0) is 6.42 Å². The van der Waals surface area contributed by atoms with Gasteiger partial charge in [-0.1, -0.05) is 121 Å². The third-order valence-electron chi connectivity index (χ3n) is 10.1. The van der Waals surface area contributed by atoms with Crippen molar-refractivity contribution in [2.24, 2.45) is 0 Å². The van der Waals surface area contributed by atoms with Crippen LogP contribution in [0.5, 0.6) is 0 Å². The molecule has 1 aromatic heterocycles. The maximum absolute atomic E-state index is 6.43. The molecule has 0 radical (unpaired) electrons. The molecular weight excluding hydrogens is 569 g/mol. The number of allylic oxidation sites excluding steroid dienone is 1. The molecule has 1 nitrogen and oxygen atoms in total. The van der Waals surface area contributed by atoms with Crippen LogP contribution in [-0.4, -0.2) is 0 Å². The van der Waals surface area contributed by atoms with Crippen molar-refractivity contribution in [2.45, 2.75) is 12.8 Å². The summed E-state index contributed by atoms with van der Waals surface area (Å²) in [7, 11) is 0. The summed E-state index contributed by atoms with van der Waals surface area (Å²) in [5.74, 6) is 0. The number of hydrogen-bond donors (Lipinski definition) is 0. The summed E-state index contributed by atoms with van der Waals surface area (Å²) in [4.78, 5) is 0. The molecule has 0 amide bonds. The molecule has 0 aliphatic heterocycles. The minimum atomic E-state index is 0.934. The Morgan fingerprint density at radius 3 is 1.94 bits per heavy atom. The molecule has 9 aromatic rings. The van der Waals surface area contributed by atoms with Gasteiger partial charge in [0.25, 0.3) is 0 Å². The second kappa shape index (κ2) is 10.3. The molecule has 0 spiro atoms. The van der Waals surface area contributed by atoms with Crippen LogP contribution < -0.4 is 0 Å². The quantitative estimate of drug-likeness (QED) is 0.184. The topological polar surface area (TPSA) is 13.1 Å². The van der Waals surface area contributed by atoms with Gasteiger partial charge in [0.1, 0.15) is 11.2 Å². The van der Waals surface area contributed by atoms with Gasteiger partial charge in [0.05, 0.1) is 0 Å². The lowest BCUT2D eigenvalue weighted by molar-refractivity contribution is 0.668. The summed E-state index contributed by atoms with van der Waals surface area (Å²) < 4.78 is 6.43. The lowest BCUT2D eigenvalue weighted by Gasteiger charge is -2.19. The van der Waals surface area contributed by atoms with Crippen molar-refractivity contribution in [3.63, 3.8) is 0 Å². The minimum absolute atomic E-state index is 0.934. The first kappa shape index (κ1) is 26.3. The van der Waals surface area contributed by atoms with E-state index < -0.39 is 0 Å². The zero-order valence-corrected chi connectivity index (χ0v) is 25.8. The van der Waals surface area contributed by atoms with Gasteiger partial charge >= 0.3 is 0 Å². The number of fused-ring (bicyclic) bond motifs is 7. The van der Waals surface area contributed by atoms with Gasteiger partial charge in [0, 0.05) is 10.8 Å². The molecular formula is C46H30O. The Kier molecular flexibility index (Phi) is 5.77. The second-order valence-corrected chi connectivity index (χ2v) is 12.8. The SMILES string of the molecule is C1=Cc2cc3c(cc2CC1)oc1ccc(-c2c4ccccc4c(-c4ccccc4)c4cc(-c5ccc6ccccc6c5)ccc24)cc13. The highest BCUT2D eigenvalue weighted by Crippen LogP contribution is 2.46. The van der Waals surface area contributed by atoms with Crippen LogP contribution in [0.15, 0.2) is 156 Å². The van der Waals surface area contributed by atoms with Gasteiger partial charge in [-0.3, -0.25) is 0 Å². The fraction of sp³-hybridized carbons (Fsp3) is 0.0435. The van der Waals surface area contributed by atoms with Crippen LogP contribution in [0, 0.1) is 0 Å². The van der Waals surface area contributed by atoms with Crippen molar-refractivity contribution < 1.29 is 4.42 Å². The smallest absolute Gasteiger partial charge is 0.135 e. The van der Waals surface area contributed by atoms with Crippen molar-refractivity contribution >= 4 is 60.3 Å². The molecule has 0 fully saturated rings. The first-order chi connectivity index (χ1) is 23.3. The zero-order chi connectivity index (χ0) is 30.9. The maximum Gasteiger partial charge on any atom is 0.135 e. The highest BCUT2D eigenvalue weighted by Gasteiger charge is 2.19. The van der Waals surface area contributed by atoms with Gasteiger partial charge in [-0.15, -0.1) is 0 Å². The average Bonchev–Trinajstić information content (AvgIpc) is 3.49. The number of aryl methyl sites for hydroxylation is 1. The Morgan fingerprint density at radius 2 is 1.06 bits per heavy atom. The fourth-order valence-electron chi connectivity index (χ4n) is 7.81. The third-order valence-corrected chi connectivity index (χ3v) is 10.1. The Balaban J connectivity index is 1.27. The van der Waals surface area contributed by atoms with Crippen molar-refractivity contribution in [3.05, 3.63) is 163 Å². The Hall–Kier alpha value is -5.92. The van der Waals surface area contributed by atoms with Gasteiger partial charge in [0.2, 0.25) is 0 Å². The van der Waals surface area contributed by atoms with E-state index in [-0.39, 0.29) is 0 Å². The van der Waals surface area contributed by atoms with Gasteiger partial charge in [0.15, 0.2) is 0 Å². The van der Waals surface area contributed by atoms with E-state index in [4.69, 9.17) is 4.42 Å². The molecule has 0 unspecified atom stereocenters. The van der Waals surface area contributed by atoms with E-state index in [1.165, 1.54) is 82.2 Å². The predicted molar refractivity (Wildman–Crippen MR) is 200 cm³/mol. The predicted octanol–water partition coefficient (Wildman–Crippen LogP) is 13.0. The molecule has 0 atom stereocenters. The van der Waals surface area contributed by atoms with Crippen molar-refractivity contribution in [2.75, 3.05) is 0 Å². The molecule has 1 aliphatic rings. The summed E-state index contributed by atoms with van der Waals surface area (Å²) in [5.41, 5.74) is 12.0. The van der Waals surface area contributed by atoms with Gasteiger partial charge < -0.3 is 4.42 Å². The van der Waals surface area contributed by atoms with E-state index in [2.05, 4.69) is 158 Å². The molecule has 10 rings (SSSR count). The number of furan rings is 1. The van der Waals surface area contributed by atoms with Crippen molar-refractivity contribution in [3.8, 4) is 33.4 Å². The molecule has 220 valence electrons. The van der Waals surface area contributed by atoms with Crippen molar-refractivity contribution in [1.29, 1.82) is 0 Å². The van der Waals surface area contributed by atoms with Crippen LogP contribution >= 0.6 is 0 Å². The van der Waals surface area contributed by atoms with Gasteiger partial charge in [-0.25, -0.2) is 0 Å². The lowest BCUT2D eigenvalue weighted by Crippen LogP contribution is -1.93.